The highest BCUT2D eigenvalue weighted by Gasteiger charge is 2.55. The molecule has 1 saturated carbocycles. The van der Waals surface area contributed by atoms with Crippen molar-refractivity contribution in [2.24, 2.45) is 24.8 Å². The zero-order valence-electron chi connectivity index (χ0n) is 21.4. The van der Waals surface area contributed by atoms with Crippen LogP contribution < -0.4 is 10.2 Å². The number of anilines is 1. The zero-order valence-corrected chi connectivity index (χ0v) is 22.2. The van der Waals surface area contributed by atoms with E-state index in [-0.39, 0.29) is 11.6 Å². The van der Waals surface area contributed by atoms with Crippen molar-refractivity contribution in [3.8, 4) is 28.5 Å². The van der Waals surface area contributed by atoms with E-state index in [1.807, 2.05) is 25.5 Å². The first-order chi connectivity index (χ1) is 19.5. The van der Waals surface area contributed by atoms with Crippen LogP contribution in [0.5, 0.6) is 0 Å². The number of aryl methyl sites for hydroxylation is 1. The first-order valence-electron chi connectivity index (χ1n) is 12.9. The zero-order chi connectivity index (χ0) is 27.4. The second-order valence-corrected chi connectivity index (χ2v) is 10.6. The van der Waals surface area contributed by atoms with Gasteiger partial charge in [-0.25, -0.2) is 14.5 Å². The smallest absolute Gasteiger partial charge is 0.271 e. The Bertz CT molecular complexity index is 1790. The number of amides is 1. The summed E-state index contributed by atoms with van der Waals surface area (Å²) < 4.78 is 3.45. The molecule has 1 aliphatic heterocycles. The fourth-order valence-electron chi connectivity index (χ4n) is 5.74. The first kappa shape index (κ1) is 24.2. The molecule has 2 fully saturated rings. The van der Waals surface area contributed by atoms with Crippen molar-refractivity contribution < 1.29 is 4.79 Å². The molecule has 40 heavy (non-hydrogen) atoms. The van der Waals surface area contributed by atoms with Crippen molar-refractivity contribution in [1.29, 1.82) is 5.26 Å². The van der Waals surface area contributed by atoms with Crippen LogP contribution in [-0.2, 0) is 7.05 Å². The normalized spacial score (nSPS) is 19.4. The Hall–Kier alpha value is -4.82. The Labute approximate surface area is 234 Å². The van der Waals surface area contributed by atoms with Crippen molar-refractivity contribution in [3.05, 3.63) is 77.9 Å². The molecule has 11 nitrogen and oxygen atoms in total. The van der Waals surface area contributed by atoms with Crippen molar-refractivity contribution >= 4 is 28.8 Å². The summed E-state index contributed by atoms with van der Waals surface area (Å²) in [6, 6.07) is 7.60. The molecule has 0 spiro atoms. The van der Waals surface area contributed by atoms with Crippen LogP contribution in [0.15, 0.2) is 61.6 Å². The minimum absolute atomic E-state index is 0.242. The van der Waals surface area contributed by atoms with E-state index in [2.05, 4.69) is 31.5 Å². The van der Waals surface area contributed by atoms with Gasteiger partial charge in [0.05, 0.1) is 46.6 Å². The highest BCUT2D eigenvalue weighted by Crippen LogP contribution is 2.52. The standard InChI is InChI=1S/C28H23ClN10O/c1-37-12-18(8-35-37)16-5-19(27-17(6-30)7-36-39(27)13-16)24-10-33-25(11-32-24)38-14-21-20(22(21)15-38)9-34-28(40)26-23(29)3-2-4-31-26/h2-5,7-8,10-13,20-22H,9,14-15H2,1H3,(H,34,40)/t20-,21-,22+. The van der Waals surface area contributed by atoms with Crippen LogP contribution in [0.1, 0.15) is 16.1 Å². The lowest BCUT2D eigenvalue weighted by Crippen LogP contribution is -2.31. The van der Waals surface area contributed by atoms with E-state index in [1.165, 1.54) is 0 Å². The molecule has 2 aliphatic rings. The van der Waals surface area contributed by atoms with Crippen LogP contribution in [0.3, 0.4) is 0 Å². The van der Waals surface area contributed by atoms with Crippen molar-refractivity contribution in [2.45, 2.75) is 0 Å². The molecule has 0 bridgehead atoms. The fourth-order valence-corrected chi connectivity index (χ4v) is 5.94. The van der Waals surface area contributed by atoms with E-state index in [0.29, 0.717) is 46.1 Å². The Kier molecular flexibility index (Phi) is 5.71. The molecule has 0 aromatic carbocycles. The molecule has 7 rings (SSSR count). The van der Waals surface area contributed by atoms with Crippen molar-refractivity contribution in [2.75, 3.05) is 24.5 Å². The molecule has 1 aliphatic carbocycles. The monoisotopic (exact) mass is 550 g/mol. The number of nitriles is 1. The Morgan fingerprint density at radius 2 is 1.95 bits per heavy atom. The topological polar surface area (TPSA) is 130 Å². The number of hydrogen-bond acceptors (Lipinski definition) is 8. The van der Waals surface area contributed by atoms with Gasteiger partial charge in [0.25, 0.3) is 5.91 Å². The van der Waals surface area contributed by atoms with E-state index >= 15 is 0 Å². The number of fused-ring (bicyclic) bond motifs is 2. The number of hydrogen-bond donors (Lipinski definition) is 1. The van der Waals surface area contributed by atoms with Gasteiger partial charge in [-0.3, -0.25) is 14.5 Å². The summed E-state index contributed by atoms with van der Waals surface area (Å²) in [5.74, 6) is 2.01. The quantitative estimate of drug-likeness (QED) is 0.341. The third kappa shape index (κ3) is 4.13. The van der Waals surface area contributed by atoms with Crippen LogP contribution in [0, 0.1) is 29.1 Å². The van der Waals surface area contributed by atoms with Crippen molar-refractivity contribution in [3.63, 3.8) is 0 Å². The van der Waals surface area contributed by atoms with Crippen LogP contribution in [0.4, 0.5) is 5.82 Å². The van der Waals surface area contributed by atoms with Crippen LogP contribution in [0.25, 0.3) is 27.9 Å². The average Bonchev–Trinajstić information content (AvgIpc) is 3.41. The summed E-state index contributed by atoms with van der Waals surface area (Å²) in [6.45, 7) is 2.34. The fraction of sp³-hybridized carbons (Fsp3) is 0.250. The predicted octanol–water partition coefficient (Wildman–Crippen LogP) is 3.22. The molecular weight excluding hydrogens is 528 g/mol. The molecule has 0 radical (unpaired) electrons. The van der Waals surface area contributed by atoms with Gasteiger partial charge in [0.2, 0.25) is 0 Å². The van der Waals surface area contributed by atoms with Gasteiger partial charge in [-0.05, 0) is 36.0 Å². The summed E-state index contributed by atoms with van der Waals surface area (Å²) in [5, 5.41) is 21.7. The Morgan fingerprint density at radius 3 is 2.65 bits per heavy atom. The number of carbonyl (C=O) groups excluding carboxylic acids is 1. The first-order valence-corrected chi connectivity index (χ1v) is 13.2. The van der Waals surface area contributed by atoms with E-state index in [1.54, 1.807) is 52.3 Å². The van der Waals surface area contributed by atoms with Crippen LogP contribution in [-0.4, -0.2) is 59.9 Å². The highest BCUT2D eigenvalue weighted by molar-refractivity contribution is 6.33. The molecule has 1 amide bonds. The molecule has 5 aromatic heterocycles. The molecule has 198 valence electrons. The van der Waals surface area contributed by atoms with Crippen molar-refractivity contribution in [1.82, 2.24) is 39.7 Å². The van der Waals surface area contributed by atoms with Crippen LogP contribution in [0.2, 0.25) is 5.02 Å². The van der Waals surface area contributed by atoms with Gasteiger partial charge in [-0.15, -0.1) is 0 Å². The Balaban J connectivity index is 1.06. The number of piperidine rings is 1. The SMILES string of the molecule is Cn1cc(-c2cc(-c3cnc(N4C[C@@H]5[C@@H](CNC(=O)c6ncccc6Cl)[C@@H]5C4)cn3)c3c(C#N)cnn3c2)cn1. The number of aromatic nitrogens is 7. The van der Waals surface area contributed by atoms with Crippen LogP contribution >= 0.6 is 11.6 Å². The molecule has 1 saturated heterocycles. The summed E-state index contributed by atoms with van der Waals surface area (Å²) in [5.41, 5.74) is 4.72. The molecule has 3 atom stereocenters. The van der Waals surface area contributed by atoms with Gasteiger partial charge in [-0.1, -0.05) is 11.6 Å². The maximum Gasteiger partial charge on any atom is 0.271 e. The number of carbonyl (C=O) groups is 1. The number of rotatable bonds is 6. The maximum absolute atomic E-state index is 12.4. The minimum Gasteiger partial charge on any atom is -0.355 e. The lowest BCUT2D eigenvalue weighted by molar-refractivity contribution is 0.0946. The number of pyridine rings is 2. The van der Waals surface area contributed by atoms with E-state index in [0.717, 1.165) is 35.6 Å². The Morgan fingerprint density at radius 1 is 1.10 bits per heavy atom. The summed E-state index contributed by atoms with van der Waals surface area (Å²) in [4.78, 5) is 28.2. The predicted molar refractivity (Wildman–Crippen MR) is 147 cm³/mol. The number of halogens is 1. The summed E-state index contributed by atoms with van der Waals surface area (Å²) in [6.07, 6.45) is 12.3. The second kappa shape index (κ2) is 9.43. The lowest BCUT2D eigenvalue weighted by atomic mass is 10.0. The van der Waals surface area contributed by atoms with E-state index in [4.69, 9.17) is 21.6 Å². The molecule has 12 heteroatoms. The van der Waals surface area contributed by atoms with E-state index < -0.39 is 0 Å². The van der Waals surface area contributed by atoms with Gasteiger partial charge in [-0.2, -0.15) is 15.5 Å². The number of nitrogens with zero attached hydrogens (tertiary/aromatic N) is 9. The maximum atomic E-state index is 12.4. The largest absolute Gasteiger partial charge is 0.355 e. The average molecular weight is 551 g/mol. The summed E-state index contributed by atoms with van der Waals surface area (Å²) in [7, 11) is 1.87. The molecule has 1 N–H and O–H groups in total. The molecule has 0 unspecified atom stereocenters. The summed E-state index contributed by atoms with van der Waals surface area (Å²) >= 11 is 6.09. The third-order valence-electron chi connectivity index (χ3n) is 7.85. The lowest BCUT2D eigenvalue weighted by Gasteiger charge is -2.21. The van der Waals surface area contributed by atoms with Gasteiger partial charge in [0.1, 0.15) is 17.6 Å². The van der Waals surface area contributed by atoms with Gasteiger partial charge < -0.3 is 10.2 Å². The third-order valence-corrected chi connectivity index (χ3v) is 8.16. The van der Waals surface area contributed by atoms with Gasteiger partial charge in [0.15, 0.2) is 0 Å². The van der Waals surface area contributed by atoms with E-state index in [9.17, 15) is 10.1 Å². The molecule has 5 aromatic rings. The van der Waals surface area contributed by atoms with Gasteiger partial charge >= 0.3 is 0 Å². The highest BCUT2D eigenvalue weighted by atomic mass is 35.5. The van der Waals surface area contributed by atoms with Gasteiger partial charge in [0, 0.05) is 62.0 Å². The number of nitrogens with one attached hydrogen (secondary N) is 1. The minimum atomic E-state index is -0.242. The molecular formula is C28H23ClN10O. The molecule has 6 heterocycles. The second-order valence-electron chi connectivity index (χ2n) is 10.2.